The molecule has 20 heavy (non-hydrogen) atoms. The molecule has 0 radical (unpaired) electrons. The second kappa shape index (κ2) is 5.58. The number of piperazine rings is 1. The van der Waals surface area contributed by atoms with Gasteiger partial charge in [0.15, 0.2) is 0 Å². The summed E-state index contributed by atoms with van der Waals surface area (Å²) in [6, 6.07) is 4.84. The summed E-state index contributed by atoms with van der Waals surface area (Å²) in [6.07, 6.45) is 0. The van der Waals surface area contributed by atoms with Crippen molar-refractivity contribution >= 4 is 16.9 Å². The van der Waals surface area contributed by atoms with Crippen LogP contribution in [0.3, 0.4) is 0 Å². The number of nitrogens with one attached hydrogen (secondary N) is 1. The van der Waals surface area contributed by atoms with Crippen molar-refractivity contribution in [2.24, 2.45) is 0 Å². The largest absolute Gasteiger partial charge is 0.477 e. The molecule has 0 amide bonds. The minimum absolute atomic E-state index is 0.323. The Bertz CT molecular complexity index is 613. The molecule has 1 saturated heterocycles. The van der Waals surface area contributed by atoms with Crippen molar-refractivity contribution in [1.29, 1.82) is 0 Å². The maximum atomic E-state index is 14.0. The lowest BCUT2D eigenvalue weighted by molar-refractivity contribution is 0.329. The standard InChI is InChI=1S/C14H17FN4O/c1-2-20-13-12-10(15)4-3-5-11(12)17-14(18-13)19-8-6-16-7-9-19/h3-5,16H,2,6-9H2,1H3. The molecule has 1 aliphatic heterocycles. The Morgan fingerprint density at radius 3 is 2.85 bits per heavy atom. The summed E-state index contributed by atoms with van der Waals surface area (Å²) < 4.78 is 19.5. The van der Waals surface area contributed by atoms with Gasteiger partial charge < -0.3 is 15.0 Å². The van der Waals surface area contributed by atoms with Crippen molar-refractivity contribution in [1.82, 2.24) is 15.3 Å². The Balaban J connectivity index is 2.10. The number of hydrogen-bond acceptors (Lipinski definition) is 5. The summed E-state index contributed by atoms with van der Waals surface area (Å²) in [5.41, 5.74) is 0.581. The number of hydrogen-bond donors (Lipinski definition) is 1. The Hall–Kier alpha value is -1.95. The van der Waals surface area contributed by atoms with Gasteiger partial charge in [0, 0.05) is 26.2 Å². The molecule has 0 bridgehead atoms. The first-order valence-electron chi connectivity index (χ1n) is 6.84. The number of ether oxygens (including phenoxy) is 1. The van der Waals surface area contributed by atoms with E-state index in [0.29, 0.717) is 29.3 Å². The van der Waals surface area contributed by atoms with E-state index in [4.69, 9.17) is 4.74 Å². The summed E-state index contributed by atoms with van der Waals surface area (Å²) in [6.45, 7) is 5.78. The van der Waals surface area contributed by atoms with Gasteiger partial charge in [-0.1, -0.05) is 6.07 Å². The Labute approximate surface area is 116 Å². The van der Waals surface area contributed by atoms with Gasteiger partial charge >= 0.3 is 0 Å². The zero-order valence-corrected chi connectivity index (χ0v) is 11.4. The number of rotatable bonds is 3. The van der Waals surface area contributed by atoms with E-state index in [2.05, 4.69) is 20.2 Å². The molecule has 6 heteroatoms. The van der Waals surface area contributed by atoms with Crippen molar-refractivity contribution in [3.05, 3.63) is 24.0 Å². The van der Waals surface area contributed by atoms with E-state index in [0.717, 1.165) is 26.2 Å². The van der Waals surface area contributed by atoms with E-state index in [1.54, 1.807) is 12.1 Å². The van der Waals surface area contributed by atoms with Crippen molar-refractivity contribution < 1.29 is 9.13 Å². The highest BCUT2D eigenvalue weighted by Crippen LogP contribution is 2.27. The van der Waals surface area contributed by atoms with E-state index in [1.165, 1.54) is 6.07 Å². The highest BCUT2D eigenvalue weighted by molar-refractivity contribution is 5.85. The monoisotopic (exact) mass is 276 g/mol. The molecular weight excluding hydrogens is 259 g/mol. The predicted molar refractivity (Wildman–Crippen MR) is 75.7 cm³/mol. The lowest BCUT2D eigenvalue weighted by Crippen LogP contribution is -2.44. The average Bonchev–Trinajstić information content (AvgIpc) is 2.48. The Morgan fingerprint density at radius 2 is 2.10 bits per heavy atom. The molecule has 1 fully saturated rings. The van der Waals surface area contributed by atoms with Crippen LogP contribution in [0.5, 0.6) is 5.88 Å². The van der Waals surface area contributed by atoms with E-state index in [-0.39, 0.29) is 5.82 Å². The first-order chi connectivity index (χ1) is 9.79. The third-order valence-corrected chi connectivity index (χ3v) is 3.31. The quantitative estimate of drug-likeness (QED) is 0.922. The molecule has 0 saturated carbocycles. The molecule has 1 aromatic carbocycles. The van der Waals surface area contributed by atoms with E-state index in [9.17, 15) is 4.39 Å². The molecule has 0 aliphatic carbocycles. The maximum Gasteiger partial charge on any atom is 0.229 e. The predicted octanol–water partition coefficient (Wildman–Crippen LogP) is 1.58. The summed E-state index contributed by atoms with van der Waals surface area (Å²) >= 11 is 0. The minimum Gasteiger partial charge on any atom is -0.477 e. The van der Waals surface area contributed by atoms with Crippen molar-refractivity contribution in [3.8, 4) is 5.88 Å². The number of nitrogens with zero attached hydrogens (tertiary/aromatic N) is 3. The van der Waals surface area contributed by atoms with Crippen LogP contribution in [0.25, 0.3) is 10.9 Å². The first-order valence-corrected chi connectivity index (χ1v) is 6.84. The lowest BCUT2D eigenvalue weighted by atomic mass is 10.2. The van der Waals surface area contributed by atoms with Gasteiger partial charge in [0.2, 0.25) is 11.8 Å². The molecule has 2 heterocycles. The highest BCUT2D eigenvalue weighted by atomic mass is 19.1. The zero-order valence-electron chi connectivity index (χ0n) is 11.4. The van der Waals surface area contributed by atoms with Crippen LogP contribution in [0.15, 0.2) is 18.2 Å². The van der Waals surface area contributed by atoms with Gasteiger partial charge in [-0.05, 0) is 19.1 Å². The summed E-state index contributed by atoms with van der Waals surface area (Å²) in [4.78, 5) is 11.0. The molecule has 3 rings (SSSR count). The van der Waals surface area contributed by atoms with Crippen LogP contribution >= 0.6 is 0 Å². The third-order valence-electron chi connectivity index (χ3n) is 3.31. The molecular formula is C14H17FN4O. The molecule has 0 unspecified atom stereocenters. The van der Waals surface area contributed by atoms with Crippen LogP contribution in [0.2, 0.25) is 0 Å². The van der Waals surface area contributed by atoms with Gasteiger partial charge in [-0.25, -0.2) is 9.37 Å². The normalized spacial score (nSPS) is 15.6. The SMILES string of the molecule is CCOc1nc(N2CCNCC2)nc2cccc(F)c12. The molecule has 0 atom stereocenters. The minimum atomic E-state index is -0.349. The zero-order chi connectivity index (χ0) is 13.9. The smallest absolute Gasteiger partial charge is 0.229 e. The molecule has 5 nitrogen and oxygen atoms in total. The van der Waals surface area contributed by atoms with Crippen LogP contribution in [0.1, 0.15) is 6.92 Å². The van der Waals surface area contributed by atoms with Crippen molar-refractivity contribution in [3.63, 3.8) is 0 Å². The number of fused-ring (bicyclic) bond motifs is 1. The average molecular weight is 276 g/mol. The second-order valence-electron chi connectivity index (χ2n) is 4.63. The van der Waals surface area contributed by atoms with E-state index >= 15 is 0 Å². The molecule has 1 aliphatic rings. The topological polar surface area (TPSA) is 50.3 Å². The molecule has 0 spiro atoms. The summed E-state index contributed by atoms with van der Waals surface area (Å²) in [7, 11) is 0. The Morgan fingerprint density at radius 1 is 1.30 bits per heavy atom. The van der Waals surface area contributed by atoms with Crippen molar-refractivity contribution in [2.75, 3.05) is 37.7 Å². The summed E-state index contributed by atoms with van der Waals surface area (Å²) in [5.74, 6) is 0.579. The highest BCUT2D eigenvalue weighted by Gasteiger charge is 2.18. The molecule has 1 aromatic heterocycles. The number of anilines is 1. The van der Waals surface area contributed by atoms with Crippen LogP contribution in [-0.2, 0) is 0 Å². The van der Waals surface area contributed by atoms with Crippen LogP contribution in [0.4, 0.5) is 10.3 Å². The summed E-state index contributed by atoms with van der Waals surface area (Å²) in [5, 5.41) is 3.64. The van der Waals surface area contributed by atoms with Gasteiger partial charge in [-0.3, -0.25) is 0 Å². The van der Waals surface area contributed by atoms with Gasteiger partial charge in [-0.2, -0.15) is 4.98 Å². The van der Waals surface area contributed by atoms with Gasteiger partial charge in [0.1, 0.15) is 5.82 Å². The maximum absolute atomic E-state index is 14.0. The van der Waals surface area contributed by atoms with Gasteiger partial charge in [0.25, 0.3) is 0 Å². The molecule has 106 valence electrons. The van der Waals surface area contributed by atoms with Crippen molar-refractivity contribution in [2.45, 2.75) is 6.92 Å². The number of benzene rings is 1. The fourth-order valence-electron chi connectivity index (χ4n) is 2.34. The fourth-order valence-corrected chi connectivity index (χ4v) is 2.34. The van der Waals surface area contributed by atoms with E-state index < -0.39 is 0 Å². The number of aromatic nitrogens is 2. The van der Waals surface area contributed by atoms with Gasteiger partial charge in [-0.15, -0.1) is 0 Å². The molecule has 1 N–H and O–H groups in total. The van der Waals surface area contributed by atoms with Crippen LogP contribution < -0.4 is 15.0 Å². The molecule has 2 aromatic rings. The lowest BCUT2D eigenvalue weighted by Gasteiger charge is -2.27. The first kappa shape index (κ1) is 13.1. The Kier molecular flexibility index (Phi) is 3.64. The van der Waals surface area contributed by atoms with Crippen LogP contribution in [0, 0.1) is 5.82 Å². The van der Waals surface area contributed by atoms with Gasteiger partial charge in [0.05, 0.1) is 17.5 Å². The second-order valence-corrected chi connectivity index (χ2v) is 4.63. The van der Waals surface area contributed by atoms with E-state index in [1.807, 2.05) is 6.92 Å². The number of halogens is 1. The van der Waals surface area contributed by atoms with Crippen LogP contribution in [-0.4, -0.2) is 42.8 Å². The third kappa shape index (κ3) is 2.38. The fraction of sp³-hybridized carbons (Fsp3) is 0.429.